The van der Waals surface area contributed by atoms with Gasteiger partial charge in [-0.05, 0) is 55.9 Å². The van der Waals surface area contributed by atoms with Crippen molar-refractivity contribution in [2.75, 3.05) is 0 Å². The molecule has 0 aromatic carbocycles. The molecule has 0 saturated heterocycles. The summed E-state index contributed by atoms with van der Waals surface area (Å²) in [4.78, 5) is 4.54. The summed E-state index contributed by atoms with van der Waals surface area (Å²) < 4.78 is 0. The molecule has 78 valence electrons. The molecule has 0 radical (unpaired) electrons. The topological polar surface area (TPSA) is 12.4 Å². The zero-order valence-corrected chi connectivity index (χ0v) is 9.47. The average Bonchev–Trinajstić information content (AvgIpc) is 3.01. The second kappa shape index (κ2) is 3.88. The molecule has 1 aliphatic heterocycles. The molecule has 2 aliphatic carbocycles. The number of hydrogen-bond acceptors (Lipinski definition) is 1. The number of hydrogen-bond donors (Lipinski definition) is 0. The fourth-order valence-electron chi connectivity index (χ4n) is 2.55. The molecule has 0 amide bonds. The van der Waals surface area contributed by atoms with Crippen molar-refractivity contribution in [2.24, 2.45) is 10.4 Å². The minimum absolute atomic E-state index is 0.744. The van der Waals surface area contributed by atoms with Gasteiger partial charge in [0.2, 0.25) is 0 Å². The summed E-state index contributed by atoms with van der Waals surface area (Å²) in [6.45, 7) is 4.00. The summed E-state index contributed by atoms with van der Waals surface area (Å²) in [5.74, 6) is 0. The molecular weight excluding hydrogens is 170 g/mol. The third-order valence-corrected chi connectivity index (χ3v) is 3.69. The van der Waals surface area contributed by atoms with Crippen LogP contribution in [0.2, 0.25) is 0 Å². The molecule has 1 heterocycles. The van der Waals surface area contributed by atoms with Crippen LogP contribution >= 0.6 is 0 Å². The molecule has 14 heavy (non-hydrogen) atoms. The van der Waals surface area contributed by atoms with Crippen molar-refractivity contribution in [1.29, 1.82) is 0 Å². The van der Waals surface area contributed by atoms with Gasteiger partial charge in [0, 0.05) is 11.9 Å². The largest absolute Gasteiger partial charge is 0.266 e. The van der Waals surface area contributed by atoms with Crippen LogP contribution in [-0.4, -0.2) is 6.21 Å². The molecule has 1 heteroatoms. The molecule has 1 spiro atoms. The Hall–Kier alpha value is -0.590. The highest BCUT2D eigenvalue weighted by molar-refractivity contribution is 5.62. The van der Waals surface area contributed by atoms with Crippen molar-refractivity contribution in [3.63, 3.8) is 0 Å². The first-order valence-electron chi connectivity index (χ1n) is 6.11. The molecular formula is C13H21N. The standard InChI is InChI=1S/C11H15N.C2H6/c1-2-9-3-4-11(5-6-11)8-10(9)12-7-1;1-2/h7H,1-6,8H2;1-2H3. The zero-order valence-electron chi connectivity index (χ0n) is 9.47. The van der Waals surface area contributed by atoms with Crippen LogP contribution < -0.4 is 0 Å². The number of aliphatic imine (C=N–C) groups is 1. The van der Waals surface area contributed by atoms with E-state index in [1.54, 1.807) is 5.57 Å². The normalized spacial score (nSPS) is 26.7. The van der Waals surface area contributed by atoms with E-state index in [0.29, 0.717) is 0 Å². The van der Waals surface area contributed by atoms with Gasteiger partial charge in [0.05, 0.1) is 0 Å². The molecule has 3 rings (SSSR count). The Bertz CT molecular complexity index is 269. The van der Waals surface area contributed by atoms with E-state index in [2.05, 4.69) is 11.2 Å². The maximum absolute atomic E-state index is 4.54. The van der Waals surface area contributed by atoms with Crippen molar-refractivity contribution >= 4 is 6.21 Å². The Kier molecular flexibility index (Phi) is 2.76. The van der Waals surface area contributed by atoms with Gasteiger partial charge in [-0.1, -0.05) is 13.8 Å². The summed E-state index contributed by atoms with van der Waals surface area (Å²) in [6, 6.07) is 0. The third-order valence-electron chi connectivity index (χ3n) is 3.69. The lowest BCUT2D eigenvalue weighted by molar-refractivity contribution is 0.424. The molecule has 0 unspecified atom stereocenters. The number of rotatable bonds is 0. The van der Waals surface area contributed by atoms with Crippen LogP contribution in [0.5, 0.6) is 0 Å². The Morgan fingerprint density at radius 2 is 1.93 bits per heavy atom. The van der Waals surface area contributed by atoms with Gasteiger partial charge in [0.15, 0.2) is 0 Å². The second-order valence-electron chi connectivity index (χ2n) is 4.58. The Labute approximate surface area is 87.3 Å². The van der Waals surface area contributed by atoms with E-state index in [1.807, 2.05) is 13.8 Å². The number of nitrogens with zero attached hydrogens (tertiary/aromatic N) is 1. The smallest absolute Gasteiger partial charge is 0.0397 e. The second-order valence-corrected chi connectivity index (χ2v) is 4.58. The summed E-state index contributed by atoms with van der Waals surface area (Å²) >= 11 is 0. The fourth-order valence-corrected chi connectivity index (χ4v) is 2.55. The molecule has 0 atom stereocenters. The number of allylic oxidation sites excluding steroid dienone is 2. The van der Waals surface area contributed by atoms with Crippen LogP contribution in [0.1, 0.15) is 58.8 Å². The molecule has 0 bridgehead atoms. The summed E-state index contributed by atoms with van der Waals surface area (Å²) in [7, 11) is 0. The van der Waals surface area contributed by atoms with E-state index in [4.69, 9.17) is 0 Å². The minimum atomic E-state index is 0.744. The van der Waals surface area contributed by atoms with Crippen LogP contribution in [0.4, 0.5) is 0 Å². The van der Waals surface area contributed by atoms with Crippen LogP contribution in [0.25, 0.3) is 0 Å². The highest BCUT2D eigenvalue weighted by atomic mass is 14.8. The van der Waals surface area contributed by atoms with E-state index in [-0.39, 0.29) is 0 Å². The van der Waals surface area contributed by atoms with Crippen LogP contribution in [0.3, 0.4) is 0 Å². The monoisotopic (exact) mass is 191 g/mol. The minimum Gasteiger partial charge on any atom is -0.266 e. The van der Waals surface area contributed by atoms with Gasteiger partial charge in [0.1, 0.15) is 0 Å². The highest BCUT2D eigenvalue weighted by Crippen LogP contribution is 2.58. The van der Waals surface area contributed by atoms with E-state index < -0.39 is 0 Å². The van der Waals surface area contributed by atoms with Crippen LogP contribution in [-0.2, 0) is 0 Å². The van der Waals surface area contributed by atoms with E-state index in [0.717, 1.165) is 5.41 Å². The summed E-state index contributed by atoms with van der Waals surface area (Å²) in [5, 5.41) is 0. The average molecular weight is 191 g/mol. The Balaban J connectivity index is 0.000000354. The first-order chi connectivity index (χ1) is 6.88. The molecule has 0 N–H and O–H groups in total. The highest BCUT2D eigenvalue weighted by Gasteiger charge is 2.45. The SMILES string of the molecule is C1=NC2=C(CC1)CCC1(CC1)C2.CC. The van der Waals surface area contributed by atoms with Gasteiger partial charge in [-0.2, -0.15) is 0 Å². The van der Waals surface area contributed by atoms with Crippen molar-refractivity contribution in [3.05, 3.63) is 11.3 Å². The van der Waals surface area contributed by atoms with Gasteiger partial charge in [-0.15, -0.1) is 0 Å². The first kappa shape index (κ1) is 9.95. The van der Waals surface area contributed by atoms with Crippen molar-refractivity contribution in [2.45, 2.75) is 58.8 Å². The van der Waals surface area contributed by atoms with Crippen LogP contribution in [0.15, 0.2) is 16.3 Å². The molecule has 1 saturated carbocycles. The molecule has 3 aliphatic rings. The Morgan fingerprint density at radius 1 is 1.14 bits per heavy atom. The lowest BCUT2D eigenvalue weighted by Crippen LogP contribution is -2.12. The van der Waals surface area contributed by atoms with Gasteiger partial charge >= 0.3 is 0 Å². The molecule has 0 aromatic rings. The van der Waals surface area contributed by atoms with Crippen LogP contribution in [0, 0.1) is 5.41 Å². The zero-order chi connectivity index (χ0) is 10.0. The van der Waals surface area contributed by atoms with Gasteiger partial charge in [-0.3, -0.25) is 4.99 Å². The van der Waals surface area contributed by atoms with Gasteiger partial charge in [0.25, 0.3) is 0 Å². The predicted molar refractivity (Wildman–Crippen MR) is 61.6 cm³/mol. The van der Waals surface area contributed by atoms with E-state index >= 15 is 0 Å². The maximum atomic E-state index is 4.54. The first-order valence-corrected chi connectivity index (χ1v) is 6.11. The summed E-state index contributed by atoms with van der Waals surface area (Å²) in [6.07, 6.45) is 11.7. The van der Waals surface area contributed by atoms with Crippen molar-refractivity contribution < 1.29 is 0 Å². The molecule has 1 fully saturated rings. The van der Waals surface area contributed by atoms with Crippen molar-refractivity contribution in [1.82, 2.24) is 0 Å². The van der Waals surface area contributed by atoms with Crippen molar-refractivity contribution in [3.8, 4) is 0 Å². The maximum Gasteiger partial charge on any atom is 0.0397 e. The van der Waals surface area contributed by atoms with E-state index in [1.165, 1.54) is 50.6 Å². The fraction of sp³-hybridized carbons (Fsp3) is 0.769. The summed E-state index contributed by atoms with van der Waals surface area (Å²) in [5.41, 5.74) is 3.88. The molecule has 0 aromatic heterocycles. The predicted octanol–water partition coefficient (Wildman–Crippen LogP) is 4.10. The molecule has 1 nitrogen and oxygen atoms in total. The Morgan fingerprint density at radius 3 is 2.64 bits per heavy atom. The lowest BCUT2D eigenvalue weighted by Gasteiger charge is -2.26. The van der Waals surface area contributed by atoms with Gasteiger partial charge in [-0.25, -0.2) is 0 Å². The quantitative estimate of drug-likeness (QED) is 0.546. The van der Waals surface area contributed by atoms with E-state index in [9.17, 15) is 0 Å². The third kappa shape index (κ3) is 1.77. The van der Waals surface area contributed by atoms with Gasteiger partial charge < -0.3 is 0 Å². The lowest BCUT2D eigenvalue weighted by atomic mass is 9.82.